The number of benzene rings is 1. The number of aryl methyl sites for hydroxylation is 1. The lowest BCUT2D eigenvalue weighted by Gasteiger charge is -2.38. The van der Waals surface area contributed by atoms with Crippen LogP contribution in [0.15, 0.2) is 24.3 Å². The molecular formula is C18H24N2O3. The first-order valence-electron chi connectivity index (χ1n) is 8.41. The maximum absolute atomic E-state index is 12.8. The molecule has 1 aromatic rings. The zero-order chi connectivity index (χ0) is 16.2. The third-order valence-electron chi connectivity index (χ3n) is 4.67. The molecule has 0 unspecified atom stereocenters. The van der Waals surface area contributed by atoms with Gasteiger partial charge in [0.05, 0.1) is 13.2 Å². The predicted octanol–water partition coefficient (Wildman–Crippen LogP) is 1.85. The zero-order valence-corrected chi connectivity index (χ0v) is 13.7. The summed E-state index contributed by atoms with van der Waals surface area (Å²) in [5.74, 6) is 0.0461. The molecular weight excluding hydrogens is 292 g/mol. The van der Waals surface area contributed by atoms with Crippen LogP contribution in [0.25, 0.3) is 0 Å². The lowest BCUT2D eigenvalue weighted by Crippen LogP contribution is -2.55. The van der Waals surface area contributed by atoms with E-state index in [4.69, 9.17) is 4.74 Å². The Morgan fingerprint density at radius 3 is 2.43 bits per heavy atom. The molecule has 0 aromatic heterocycles. The van der Waals surface area contributed by atoms with Crippen molar-refractivity contribution in [3.63, 3.8) is 0 Å². The van der Waals surface area contributed by atoms with Crippen LogP contribution in [0.4, 0.5) is 0 Å². The summed E-state index contributed by atoms with van der Waals surface area (Å²) < 4.78 is 5.32. The zero-order valence-electron chi connectivity index (χ0n) is 13.7. The lowest BCUT2D eigenvalue weighted by molar-refractivity contribution is -0.141. The van der Waals surface area contributed by atoms with Crippen molar-refractivity contribution in [2.45, 2.75) is 32.2 Å². The molecule has 1 aromatic carbocycles. The Morgan fingerprint density at radius 1 is 1.04 bits per heavy atom. The van der Waals surface area contributed by atoms with Gasteiger partial charge in [0.1, 0.15) is 6.04 Å². The van der Waals surface area contributed by atoms with Crippen molar-refractivity contribution < 1.29 is 14.3 Å². The van der Waals surface area contributed by atoms with Crippen LogP contribution in [-0.4, -0.2) is 60.5 Å². The van der Waals surface area contributed by atoms with Gasteiger partial charge in [0.2, 0.25) is 5.91 Å². The Morgan fingerprint density at radius 2 is 1.74 bits per heavy atom. The highest BCUT2D eigenvalue weighted by Gasteiger charge is 2.35. The van der Waals surface area contributed by atoms with E-state index in [-0.39, 0.29) is 17.9 Å². The van der Waals surface area contributed by atoms with Gasteiger partial charge in [-0.05, 0) is 38.3 Å². The van der Waals surface area contributed by atoms with Gasteiger partial charge in [0, 0.05) is 25.2 Å². The summed E-state index contributed by atoms with van der Waals surface area (Å²) in [6, 6.07) is 7.26. The van der Waals surface area contributed by atoms with E-state index in [1.807, 2.05) is 36.1 Å². The van der Waals surface area contributed by atoms with Gasteiger partial charge in [-0.2, -0.15) is 0 Å². The fraction of sp³-hybridized carbons (Fsp3) is 0.556. The number of ether oxygens (including phenoxy) is 1. The SMILES string of the molecule is Cc1ccc(C(=O)N2CCCC[C@H]2C(=O)N2CCOCC2)cc1. The quantitative estimate of drug-likeness (QED) is 0.837. The minimum absolute atomic E-state index is 0.0312. The number of likely N-dealkylation sites (tertiary alicyclic amines) is 1. The minimum atomic E-state index is -0.323. The van der Waals surface area contributed by atoms with Crippen molar-refractivity contribution in [1.82, 2.24) is 9.80 Å². The molecule has 2 aliphatic heterocycles. The van der Waals surface area contributed by atoms with Crippen molar-refractivity contribution in [2.75, 3.05) is 32.8 Å². The molecule has 2 heterocycles. The van der Waals surface area contributed by atoms with Crippen LogP contribution in [0, 0.1) is 6.92 Å². The number of hydrogen-bond acceptors (Lipinski definition) is 3. The molecule has 2 saturated heterocycles. The highest BCUT2D eigenvalue weighted by atomic mass is 16.5. The van der Waals surface area contributed by atoms with E-state index >= 15 is 0 Å². The van der Waals surface area contributed by atoms with Gasteiger partial charge >= 0.3 is 0 Å². The van der Waals surface area contributed by atoms with Crippen molar-refractivity contribution >= 4 is 11.8 Å². The molecule has 0 spiro atoms. The number of hydrogen-bond donors (Lipinski definition) is 0. The monoisotopic (exact) mass is 316 g/mol. The number of carbonyl (C=O) groups is 2. The Hall–Kier alpha value is -1.88. The number of rotatable bonds is 2. The summed E-state index contributed by atoms with van der Waals surface area (Å²) in [6.45, 7) is 5.09. The Labute approximate surface area is 137 Å². The van der Waals surface area contributed by atoms with Crippen molar-refractivity contribution in [1.29, 1.82) is 0 Å². The number of carbonyl (C=O) groups excluding carboxylic acids is 2. The standard InChI is InChI=1S/C18H24N2O3/c1-14-5-7-15(8-6-14)17(21)20-9-3-2-4-16(20)18(22)19-10-12-23-13-11-19/h5-8,16H,2-4,9-13H2,1H3/t16-/m0/s1. The molecule has 5 heteroatoms. The van der Waals surface area contributed by atoms with Gasteiger partial charge in [-0.15, -0.1) is 0 Å². The highest BCUT2D eigenvalue weighted by molar-refractivity contribution is 5.97. The first-order valence-corrected chi connectivity index (χ1v) is 8.41. The second-order valence-corrected chi connectivity index (χ2v) is 6.31. The van der Waals surface area contributed by atoms with E-state index in [0.717, 1.165) is 24.8 Å². The average Bonchev–Trinajstić information content (AvgIpc) is 2.62. The van der Waals surface area contributed by atoms with Gasteiger partial charge in [0.25, 0.3) is 5.91 Å². The summed E-state index contributed by atoms with van der Waals surface area (Å²) in [5, 5.41) is 0. The molecule has 5 nitrogen and oxygen atoms in total. The molecule has 0 bridgehead atoms. The van der Waals surface area contributed by atoms with Gasteiger partial charge < -0.3 is 14.5 Å². The number of piperidine rings is 1. The summed E-state index contributed by atoms with van der Waals surface area (Å²) in [5.41, 5.74) is 1.79. The number of amides is 2. The first-order chi connectivity index (χ1) is 11.2. The van der Waals surface area contributed by atoms with E-state index in [1.165, 1.54) is 0 Å². The fourth-order valence-corrected chi connectivity index (χ4v) is 3.29. The largest absolute Gasteiger partial charge is 0.378 e. The molecule has 0 N–H and O–H groups in total. The van der Waals surface area contributed by atoms with Gasteiger partial charge in [-0.1, -0.05) is 17.7 Å². The van der Waals surface area contributed by atoms with Crippen molar-refractivity contribution in [2.24, 2.45) is 0 Å². The highest BCUT2D eigenvalue weighted by Crippen LogP contribution is 2.22. The van der Waals surface area contributed by atoms with Crippen LogP contribution in [0.3, 0.4) is 0 Å². The first kappa shape index (κ1) is 16.0. The Balaban J connectivity index is 1.76. The maximum atomic E-state index is 12.8. The van der Waals surface area contributed by atoms with E-state index in [1.54, 1.807) is 4.90 Å². The predicted molar refractivity (Wildman–Crippen MR) is 87.3 cm³/mol. The molecule has 124 valence electrons. The van der Waals surface area contributed by atoms with E-state index in [0.29, 0.717) is 38.4 Å². The molecule has 0 radical (unpaired) electrons. The maximum Gasteiger partial charge on any atom is 0.254 e. The Kier molecular flexibility index (Phi) is 4.96. The topological polar surface area (TPSA) is 49.9 Å². The molecule has 2 amide bonds. The van der Waals surface area contributed by atoms with Crippen LogP contribution >= 0.6 is 0 Å². The average molecular weight is 316 g/mol. The molecule has 2 fully saturated rings. The molecule has 23 heavy (non-hydrogen) atoms. The third-order valence-corrected chi connectivity index (χ3v) is 4.67. The van der Waals surface area contributed by atoms with Crippen molar-refractivity contribution in [3.05, 3.63) is 35.4 Å². The van der Waals surface area contributed by atoms with Gasteiger partial charge in [-0.25, -0.2) is 0 Å². The third kappa shape index (κ3) is 3.55. The van der Waals surface area contributed by atoms with E-state index < -0.39 is 0 Å². The molecule has 0 aliphatic carbocycles. The van der Waals surface area contributed by atoms with Gasteiger partial charge in [-0.3, -0.25) is 9.59 Å². The smallest absolute Gasteiger partial charge is 0.254 e. The van der Waals surface area contributed by atoms with Gasteiger partial charge in [0.15, 0.2) is 0 Å². The van der Waals surface area contributed by atoms with Crippen molar-refractivity contribution in [3.8, 4) is 0 Å². The lowest BCUT2D eigenvalue weighted by atomic mass is 9.99. The number of morpholine rings is 1. The minimum Gasteiger partial charge on any atom is -0.378 e. The van der Waals surface area contributed by atoms with Crippen LogP contribution in [0.1, 0.15) is 35.2 Å². The summed E-state index contributed by atoms with van der Waals surface area (Å²) in [7, 11) is 0. The summed E-state index contributed by atoms with van der Waals surface area (Å²) >= 11 is 0. The van der Waals surface area contributed by atoms with Crippen LogP contribution < -0.4 is 0 Å². The van der Waals surface area contributed by atoms with Crippen LogP contribution in [-0.2, 0) is 9.53 Å². The summed E-state index contributed by atoms with van der Waals surface area (Å²) in [6.07, 6.45) is 2.72. The molecule has 2 aliphatic rings. The Bertz CT molecular complexity index is 564. The van der Waals surface area contributed by atoms with Crippen LogP contribution in [0.5, 0.6) is 0 Å². The van der Waals surface area contributed by atoms with E-state index in [9.17, 15) is 9.59 Å². The molecule has 0 saturated carbocycles. The van der Waals surface area contributed by atoms with Crippen LogP contribution in [0.2, 0.25) is 0 Å². The second kappa shape index (κ2) is 7.13. The summed E-state index contributed by atoms with van der Waals surface area (Å²) in [4.78, 5) is 29.3. The number of nitrogens with zero attached hydrogens (tertiary/aromatic N) is 2. The second-order valence-electron chi connectivity index (χ2n) is 6.31. The normalized spacial score (nSPS) is 22.0. The van der Waals surface area contributed by atoms with E-state index in [2.05, 4.69) is 0 Å². The molecule has 3 rings (SSSR count). The fourth-order valence-electron chi connectivity index (χ4n) is 3.29. The molecule has 1 atom stereocenters.